The van der Waals surface area contributed by atoms with Crippen LogP contribution in [0.3, 0.4) is 0 Å². The normalized spacial score (nSPS) is 27.9. The van der Waals surface area contributed by atoms with Crippen molar-refractivity contribution in [1.82, 2.24) is 9.55 Å². The van der Waals surface area contributed by atoms with Crippen molar-refractivity contribution in [2.45, 2.75) is 58.0 Å². The number of aromatic nitrogens is 2. The third-order valence-electron chi connectivity index (χ3n) is 3.89. The first-order valence-corrected chi connectivity index (χ1v) is 6.49. The van der Waals surface area contributed by atoms with Crippen LogP contribution in [-0.2, 0) is 0 Å². The van der Waals surface area contributed by atoms with E-state index >= 15 is 0 Å². The van der Waals surface area contributed by atoms with Crippen molar-refractivity contribution in [2.75, 3.05) is 0 Å². The lowest BCUT2D eigenvalue weighted by Crippen LogP contribution is -2.22. The fraction of sp³-hybridized carbons (Fsp3) is 0.769. The fourth-order valence-electron chi connectivity index (χ4n) is 2.86. The molecular weight excluding hydrogens is 198 g/mol. The van der Waals surface area contributed by atoms with E-state index in [9.17, 15) is 0 Å². The molecule has 16 heavy (non-hydrogen) atoms. The van der Waals surface area contributed by atoms with Gasteiger partial charge in [0.05, 0.1) is 12.0 Å². The molecule has 1 aliphatic rings. The van der Waals surface area contributed by atoms with Gasteiger partial charge in [0.15, 0.2) is 0 Å². The molecular formula is C13H23N3. The Hall–Kier alpha value is -0.830. The lowest BCUT2D eigenvalue weighted by atomic mass is 9.84. The molecule has 0 saturated heterocycles. The van der Waals surface area contributed by atoms with E-state index in [0.29, 0.717) is 6.04 Å². The van der Waals surface area contributed by atoms with Gasteiger partial charge in [0.25, 0.3) is 0 Å². The zero-order valence-corrected chi connectivity index (χ0v) is 10.4. The molecule has 0 radical (unpaired) electrons. The summed E-state index contributed by atoms with van der Waals surface area (Å²) in [5, 5.41) is 0. The first-order chi connectivity index (χ1) is 7.72. The molecule has 0 bridgehead atoms. The van der Waals surface area contributed by atoms with E-state index in [0.717, 1.165) is 5.92 Å². The zero-order valence-electron chi connectivity index (χ0n) is 10.4. The van der Waals surface area contributed by atoms with E-state index in [2.05, 4.69) is 16.5 Å². The molecule has 1 aromatic heterocycles. The minimum Gasteiger partial charge on any atom is -0.330 e. The van der Waals surface area contributed by atoms with E-state index in [1.54, 1.807) is 0 Å². The van der Waals surface area contributed by atoms with E-state index in [1.165, 1.54) is 37.8 Å². The second-order valence-corrected chi connectivity index (χ2v) is 5.11. The highest BCUT2D eigenvalue weighted by Gasteiger charge is 2.23. The first kappa shape index (κ1) is 11.6. The molecule has 2 N–H and O–H groups in total. The maximum absolute atomic E-state index is 5.97. The van der Waals surface area contributed by atoms with Crippen molar-refractivity contribution in [2.24, 2.45) is 11.7 Å². The van der Waals surface area contributed by atoms with Crippen LogP contribution in [0.5, 0.6) is 0 Å². The van der Waals surface area contributed by atoms with Gasteiger partial charge >= 0.3 is 0 Å². The minimum atomic E-state index is 0.0875. The van der Waals surface area contributed by atoms with E-state index in [4.69, 9.17) is 5.73 Å². The Morgan fingerprint density at radius 1 is 1.56 bits per heavy atom. The Balaban J connectivity index is 2.13. The molecule has 1 heterocycles. The number of nitrogens with zero attached hydrogens (tertiary/aromatic N) is 2. The summed E-state index contributed by atoms with van der Waals surface area (Å²) in [4.78, 5) is 4.25. The topological polar surface area (TPSA) is 43.8 Å². The van der Waals surface area contributed by atoms with Crippen LogP contribution >= 0.6 is 0 Å². The first-order valence-electron chi connectivity index (χ1n) is 6.49. The summed E-state index contributed by atoms with van der Waals surface area (Å²) in [6.45, 7) is 4.33. The van der Waals surface area contributed by atoms with Crippen LogP contribution in [0.1, 0.15) is 63.7 Å². The van der Waals surface area contributed by atoms with Gasteiger partial charge in [-0.2, -0.15) is 0 Å². The lowest BCUT2D eigenvalue weighted by molar-refractivity contribution is 0.256. The van der Waals surface area contributed by atoms with Crippen molar-refractivity contribution in [3.05, 3.63) is 18.2 Å². The average Bonchev–Trinajstić information content (AvgIpc) is 2.78. The van der Waals surface area contributed by atoms with Crippen LogP contribution in [-0.4, -0.2) is 9.55 Å². The minimum absolute atomic E-state index is 0.0875. The summed E-state index contributed by atoms with van der Waals surface area (Å²) in [6, 6.07) is 0.715. The van der Waals surface area contributed by atoms with Crippen molar-refractivity contribution in [3.8, 4) is 0 Å². The largest absolute Gasteiger partial charge is 0.330 e. The van der Waals surface area contributed by atoms with Gasteiger partial charge in [-0.05, 0) is 25.7 Å². The van der Waals surface area contributed by atoms with E-state index in [-0.39, 0.29) is 6.04 Å². The predicted octanol–water partition coefficient (Wildman–Crippen LogP) is 3.04. The highest BCUT2D eigenvalue weighted by atomic mass is 15.1. The number of hydrogen-bond acceptors (Lipinski definition) is 2. The zero-order chi connectivity index (χ0) is 11.5. The maximum Gasteiger partial charge on any atom is 0.0951 e. The summed E-state index contributed by atoms with van der Waals surface area (Å²) in [5.74, 6) is 0.891. The van der Waals surface area contributed by atoms with Crippen LogP contribution in [0, 0.1) is 5.92 Å². The van der Waals surface area contributed by atoms with Gasteiger partial charge in [-0.1, -0.05) is 26.2 Å². The Bertz CT molecular complexity index is 330. The van der Waals surface area contributed by atoms with Gasteiger partial charge in [0, 0.05) is 18.3 Å². The highest BCUT2D eigenvalue weighted by Crippen LogP contribution is 2.35. The monoisotopic (exact) mass is 221 g/mol. The molecule has 0 spiro atoms. The third kappa shape index (κ3) is 2.29. The standard InChI is InChI=1S/C13H23N3/c1-3-11-5-4-6-12(7-11)16-9-15-8-13(16)10(2)14/h8-12H,3-7,14H2,1-2H3. The molecule has 3 heteroatoms. The molecule has 1 aromatic rings. The molecule has 0 aliphatic heterocycles. The van der Waals surface area contributed by atoms with Crippen molar-refractivity contribution in [1.29, 1.82) is 0 Å². The second-order valence-electron chi connectivity index (χ2n) is 5.11. The molecule has 1 saturated carbocycles. The third-order valence-corrected chi connectivity index (χ3v) is 3.89. The number of nitrogens with two attached hydrogens (primary N) is 1. The number of rotatable bonds is 3. The average molecular weight is 221 g/mol. The highest BCUT2D eigenvalue weighted by molar-refractivity contribution is 5.05. The summed E-state index contributed by atoms with van der Waals surface area (Å²) < 4.78 is 2.31. The quantitative estimate of drug-likeness (QED) is 0.852. The van der Waals surface area contributed by atoms with Crippen LogP contribution in [0.25, 0.3) is 0 Å². The van der Waals surface area contributed by atoms with Crippen molar-refractivity contribution >= 4 is 0 Å². The van der Waals surface area contributed by atoms with Gasteiger partial charge < -0.3 is 10.3 Å². The Kier molecular flexibility index (Phi) is 3.64. The Morgan fingerprint density at radius 3 is 3.06 bits per heavy atom. The smallest absolute Gasteiger partial charge is 0.0951 e. The molecule has 3 unspecified atom stereocenters. The molecule has 90 valence electrons. The summed E-state index contributed by atoms with van der Waals surface area (Å²) in [6.07, 6.45) is 10.5. The Morgan fingerprint density at radius 2 is 2.38 bits per heavy atom. The molecule has 3 nitrogen and oxygen atoms in total. The molecule has 1 aliphatic carbocycles. The Labute approximate surface area is 98.1 Å². The summed E-state index contributed by atoms with van der Waals surface area (Å²) >= 11 is 0. The summed E-state index contributed by atoms with van der Waals surface area (Å²) in [7, 11) is 0. The van der Waals surface area contributed by atoms with Crippen molar-refractivity contribution in [3.63, 3.8) is 0 Å². The van der Waals surface area contributed by atoms with Gasteiger partial charge in [-0.25, -0.2) is 4.98 Å². The van der Waals surface area contributed by atoms with Gasteiger partial charge in [0.2, 0.25) is 0 Å². The second kappa shape index (κ2) is 5.00. The molecule has 3 atom stereocenters. The molecule has 1 fully saturated rings. The van der Waals surface area contributed by atoms with E-state index in [1.807, 2.05) is 19.4 Å². The van der Waals surface area contributed by atoms with Gasteiger partial charge in [-0.15, -0.1) is 0 Å². The van der Waals surface area contributed by atoms with Crippen LogP contribution in [0.4, 0.5) is 0 Å². The van der Waals surface area contributed by atoms with Gasteiger partial charge in [0.1, 0.15) is 0 Å². The van der Waals surface area contributed by atoms with Crippen LogP contribution in [0.15, 0.2) is 12.5 Å². The maximum atomic E-state index is 5.97. The van der Waals surface area contributed by atoms with Gasteiger partial charge in [-0.3, -0.25) is 0 Å². The molecule has 0 amide bonds. The van der Waals surface area contributed by atoms with E-state index < -0.39 is 0 Å². The fourth-order valence-corrected chi connectivity index (χ4v) is 2.86. The SMILES string of the molecule is CCC1CCCC(n2cncc2C(C)N)C1. The lowest BCUT2D eigenvalue weighted by Gasteiger charge is -2.31. The van der Waals surface area contributed by atoms with Crippen molar-refractivity contribution < 1.29 is 0 Å². The molecule has 2 rings (SSSR count). The molecule has 0 aromatic carbocycles. The number of hydrogen-bond donors (Lipinski definition) is 1. The van der Waals surface area contributed by atoms with Crippen LogP contribution in [0.2, 0.25) is 0 Å². The van der Waals surface area contributed by atoms with Crippen LogP contribution < -0.4 is 5.73 Å². The predicted molar refractivity (Wildman–Crippen MR) is 66.1 cm³/mol. The summed E-state index contributed by atoms with van der Waals surface area (Å²) in [5.41, 5.74) is 7.15. The number of imidazole rings is 1.